The van der Waals surface area contributed by atoms with E-state index in [1.807, 2.05) is 30.3 Å². The molecule has 0 radical (unpaired) electrons. The molecule has 0 aliphatic carbocycles. The third-order valence-corrected chi connectivity index (χ3v) is 4.23. The molecule has 1 N–H and O–H groups in total. The molecule has 3 nitrogen and oxygen atoms in total. The second-order valence-electron chi connectivity index (χ2n) is 5.98. The van der Waals surface area contributed by atoms with E-state index in [9.17, 15) is 5.11 Å². The SMILES string of the molecule is CCCN1CCN(CC(C)C(O)c2ccccc2)CC1. The Kier molecular flexibility index (Phi) is 6.02. The van der Waals surface area contributed by atoms with E-state index < -0.39 is 0 Å². The van der Waals surface area contributed by atoms with E-state index in [1.54, 1.807) is 0 Å². The lowest BCUT2D eigenvalue weighted by atomic mass is 9.97. The maximum Gasteiger partial charge on any atom is 0.0827 e. The number of aliphatic hydroxyl groups excluding tert-OH is 1. The van der Waals surface area contributed by atoms with E-state index in [1.165, 1.54) is 26.1 Å². The molecule has 3 heteroatoms. The maximum atomic E-state index is 10.4. The summed E-state index contributed by atoms with van der Waals surface area (Å²) in [7, 11) is 0. The molecule has 2 unspecified atom stereocenters. The van der Waals surface area contributed by atoms with Gasteiger partial charge < -0.3 is 14.9 Å². The van der Waals surface area contributed by atoms with Gasteiger partial charge in [0.15, 0.2) is 0 Å². The molecule has 1 saturated heterocycles. The maximum absolute atomic E-state index is 10.4. The highest BCUT2D eigenvalue weighted by Crippen LogP contribution is 2.22. The normalized spacial score (nSPS) is 20.8. The van der Waals surface area contributed by atoms with Gasteiger partial charge in [0.25, 0.3) is 0 Å². The molecule has 1 aromatic rings. The Labute approximate surface area is 123 Å². The largest absolute Gasteiger partial charge is 0.388 e. The summed E-state index contributed by atoms with van der Waals surface area (Å²) in [5.41, 5.74) is 1.03. The van der Waals surface area contributed by atoms with Crippen molar-refractivity contribution in [3.8, 4) is 0 Å². The van der Waals surface area contributed by atoms with Crippen LogP contribution < -0.4 is 0 Å². The molecule has 1 aromatic carbocycles. The predicted octanol–water partition coefficient (Wildman–Crippen LogP) is 2.38. The van der Waals surface area contributed by atoms with Crippen LogP contribution >= 0.6 is 0 Å². The van der Waals surface area contributed by atoms with E-state index in [-0.39, 0.29) is 12.0 Å². The molecule has 1 fully saturated rings. The van der Waals surface area contributed by atoms with Crippen LogP contribution in [-0.4, -0.2) is 54.2 Å². The number of hydrogen-bond donors (Lipinski definition) is 1. The van der Waals surface area contributed by atoms with Gasteiger partial charge in [-0.1, -0.05) is 44.2 Å². The first-order chi connectivity index (χ1) is 9.70. The highest BCUT2D eigenvalue weighted by Gasteiger charge is 2.22. The molecule has 2 rings (SSSR count). The first-order valence-corrected chi connectivity index (χ1v) is 7.88. The highest BCUT2D eigenvalue weighted by molar-refractivity contribution is 5.17. The summed E-state index contributed by atoms with van der Waals surface area (Å²) in [6, 6.07) is 10.0. The van der Waals surface area contributed by atoms with Gasteiger partial charge in [0.1, 0.15) is 0 Å². The van der Waals surface area contributed by atoms with Crippen molar-refractivity contribution in [2.24, 2.45) is 5.92 Å². The Morgan fingerprint density at radius 3 is 2.25 bits per heavy atom. The van der Waals surface area contributed by atoms with Gasteiger partial charge in [0.2, 0.25) is 0 Å². The molecule has 1 aliphatic heterocycles. The van der Waals surface area contributed by atoms with Crippen molar-refractivity contribution in [3.63, 3.8) is 0 Å². The molecule has 0 saturated carbocycles. The minimum Gasteiger partial charge on any atom is -0.388 e. The molecule has 1 aliphatic rings. The minimum atomic E-state index is -0.357. The quantitative estimate of drug-likeness (QED) is 0.864. The van der Waals surface area contributed by atoms with Gasteiger partial charge in [-0.25, -0.2) is 0 Å². The zero-order valence-corrected chi connectivity index (χ0v) is 12.8. The fourth-order valence-electron chi connectivity index (χ4n) is 3.00. The molecule has 2 atom stereocenters. The zero-order chi connectivity index (χ0) is 14.4. The lowest BCUT2D eigenvalue weighted by molar-refractivity contribution is 0.0647. The van der Waals surface area contributed by atoms with Gasteiger partial charge in [-0.2, -0.15) is 0 Å². The van der Waals surface area contributed by atoms with Crippen molar-refractivity contribution >= 4 is 0 Å². The second kappa shape index (κ2) is 7.77. The molecule has 0 aromatic heterocycles. The molecular weight excluding hydrogens is 248 g/mol. The number of benzene rings is 1. The van der Waals surface area contributed by atoms with Gasteiger partial charge in [-0.3, -0.25) is 0 Å². The molecule has 0 spiro atoms. The first kappa shape index (κ1) is 15.5. The Balaban J connectivity index is 1.79. The van der Waals surface area contributed by atoms with Gasteiger partial charge in [-0.15, -0.1) is 0 Å². The van der Waals surface area contributed by atoms with Crippen LogP contribution in [0.4, 0.5) is 0 Å². The Hall–Kier alpha value is -0.900. The van der Waals surface area contributed by atoms with Crippen LogP contribution in [0, 0.1) is 5.92 Å². The second-order valence-corrected chi connectivity index (χ2v) is 5.98. The molecule has 0 amide bonds. The number of piperazine rings is 1. The summed E-state index contributed by atoms with van der Waals surface area (Å²) < 4.78 is 0. The predicted molar refractivity (Wildman–Crippen MR) is 83.7 cm³/mol. The Morgan fingerprint density at radius 2 is 1.65 bits per heavy atom. The van der Waals surface area contributed by atoms with Crippen molar-refractivity contribution in [2.45, 2.75) is 26.4 Å². The van der Waals surface area contributed by atoms with Crippen LogP contribution in [0.3, 0.4) is 0 Å². The summed E-state index contributed by atoms with van der Waals surface area (Å²) in [4.78, 5) is 5.03. The zero-order valence-electron chi connectivity index (χ0n) is 12.8. The van der Waals surface area contributed by atoms with Gasteiger partial charge in [0.05, 0.1) is 6.10 Å². The van der Waals surface area contributed by atoms with E-state index in [4.69, 9.17) is 0 Å². The fourth-order valence-corrected chi connectivity index (χ4v) is 3.00. The Morgan fingerprint density at radius 1 is 1.05 bits per heavy atom. The van der Waals surface area contributed by atoms with Crippen molar-refractivity contribution in [1.29, 1.82) is 0 Å². The number of hydrogen-bond acceptors (Lipinski definition) is 3. The third-order valence-electron chi connectivity index (χ3n) is 4.23. The van der Waals surface area contributed by atoms with Crippen molar-refractivity contribution in [2.75, 3.05) is 39.3 Å². The summed E-state index contributed by atoms with van der Waals surface area (Å²) in [6.07, 6.45) is 0.883. The molecule has 0 bridgehead atoms. The number of nitrogens with zero attached hydrogens (tertiary/aromatic N) is 2. The lowest BCUT2D eigenvalue weighted by Gasteiger charge is -2.36. The van der Waals surface area contributed by atoms with E-state index in [0.717, 1.165) is 25.2 Å². The smallest absolute Gasteiger partial charge is 0.0827 e. The average molecular weight is 276 g/mol. The van der Waals surface area contributed by atoms with Crippen LogP contribution in [0.25, 0.3) is 0 Å². The number of aliphatic hydroxyl groups is 1. The van der Waals surface area contributed by atoms with Crippen molar-refractivity contribution < 1.29 is 5.11 Å². The molecule has 1 heterocycles. The highest BCUT2D eigenvalue weighted by atomic mass is 16.3. The standard InChI is InChI=1S/C17H28N2O/c1-3-9-18-10-12-19(13-11-18)14-15(2)17(20)16-7-5-4-6-8-16/h4-8,15,17,20H,3,9-14H2,1-2H3. The molecule has 20 heavy (non-hydrogen) atoms. The average Bonchev–Trinajstić information content (AvgIpc) is 2.49. The van der Waals surface area contributed by atoms with Crippen molar-refractivity contribution in [3.05, 3.63) is 35.9 Å². The van der Waals surface area contributed by atoms with Crippen LogP contribution in [0.5, 0.6) is 0 Å². The van der Waals surface area contributed by atoms with E-state index >= 15 is 0 Å². The van der Waals surface area contributed by atoms with Crippen LogP contribution in [0.15, 0.2) is 30.3 Å². The van der Waals surface area contributed by atoms with Crippen molar-refractivity contribution in [1.82, 2.24) is 9.80 Å². The van der Waals surface area contributed by atoms with Gasteiger partial charge in [0, 0.05) is 32.7 Å². The summed E-state index contributed by atoms with van der Waals surface area (Å²) in [5, 5.41) is 10.4. The monoisotopic (exact) mass is 276 g/mol. The van der Waals surface area contributed by atoms with Gasteiger partial charge >= 0.3 is 0 Å². The third kappa shape index (κ3) is 4.30. The van der Waals surface area contributed by atoms with E-state index in [0.29, 0.717) is 0 Å². The summed E-state index contributed by atoms with van der Waals surface area (Å²) in [6.45, 7) is 11.2. The lowest BCUT2D eigenvalue weighted by Crippen LogP contribution is -2.48. The molecular formula is C17H28N2O. The number of rotatable bonds is 6. The van der Waals surface area contributed by atoms with Gasteiger partial charge in [-0.05, 0) is 24.4 Å². The minimum absolute atomic E-state index is 0.273. The van der Waals surface area contributed by atoms with E-state index in [2.05, 4.69) is 23.6 Å². The molecule has 112 valence electrons. The van der Waals surface area contributed by atoms with Crippen LogP contribution in [0.2, 0.25) is 0 Å². The topological polar surface area (TPSA) is 26.7 Å². The Bertz CT molecular complexity index is 374. The fraction of sp³-hybridized carbons (Fsp3) is 0.647. The van der Waals surface area contributed by atoms with Crippen LogP contribution in [0.1, 0.15) is 31.9 Å². The first-order valence-electron chi connectivity index (χ1n) is 7.88. The summed E-state index contributed by atoms with van der Waals surface area (Å²) >= 11 is 0. The van der Waals surface area contributed by atoms with Crippen LogP contribution in [-0.2, 0) is 0 Å². The summed E-state index contributed by atoms with van der Waals surface area (Å²) in [5.74, 6) is 0.273.